The first kappa shape index (κ1) is 6.27. The Morgan fingerprint density at radius 2 is 2.55 bits per heavy atom. The molecule has 0 aliphatic carbocycles. The van der Waals surface area contributed by atoms with Crippen LogP contribution in [-0.2, 0) is 0 Å². The monoisotopic (exact) mass is 152 g/mol. The lowest BCUT2D eigenvalue weighted by molar-refractivity contribution is 0.247. The van der Waals surface area contributed by atoms with E-state index in [9.17, 15) is 4.79 Å². The Hall–Kier alpha value is -1.45. The summed E-state index contributed by atoms with van der Waals surface area (Å²) in [5.41, 5.74) is 0. The molecule has 0 spiro atoms. The molecule has 0 radical (unpaired) electrons. The highest BCUT2D eigenvalue weighted by Gasteiger charge is 2.23. The predicted molar refractivity (Wildman–Crippen MR) is 38.0 cm³/mol. The summed E-state index contributed by atoms with van der Waals surface area (Å²) in [5, 5.41) is 5.36. The molecule has 2 N–H and O–H groups in total. The van der Waals surface area contributed by atoms with E-state index in [1.54, 1.807) is 12.3 Å². The molecular weight excluding hydrogens is 144 g/mol. The SMILES string of the molecule is O=C1NC[C@@H](c2ccco2)N1. The Kier molecular flexibility index (Phi) is 1.31. The fourth-order valence-corrected chi connectivity index (χ4v) is 1.12. The Labute approximate surface area is 63.6 Å². The van der Waals surface area contributed by atoms with Crippen LogP contribution in [0.15, 0.2) is 22.8 Å². The standard InChI is InChI=1S/C7H8N2O2/c10-7-8-4-5(9-7)6-2-1-3-11-6/h1-3,5H,4H2,(H2,8,9,10)/t5-/m0/s1. The lowest BCUT2D eigenvalue weighted by Gasteiger charge is -2.02. The van der Waals surface area contributed by atoms with Gasteiger partial charge in [0.1, 0.15) is 11.8 Å². The van der Waals surface area contributed by atoms with Gasteiger partial charge in [0.25, 0.3) is 0 Å². The molecule has 0 unspecified atom stereocenters. The number of furan rings is 1. The zero-order valence-corrected chi connectivity index (χ0v) is 5.83. The fraction of sp³-hybridized carbons (Fsp3) is 0.286. The zero-order valence-electron chi connectivity index (χ0n) is 5.83. The smallest absolute Gasteiger partial charge is 0.315 e. The van der Waals surface area contributed by atoms with Gasteiger partial charge in [-0.2, -0.15) is 0 Å². The number of amides is 2. The minimum absolute atomic E-state index is 0.00231. The van der Waals surface area contributed by atoms with Crippen molar-refractivity contribution in [2.24, 2.45) is 0 Å². The number of hydrogen-bond acceptors (Lipinski definition) is 2. The maximum atomic E-state index is 10.7. The maximum absolute atomic E-state index is 10.7. The quantitative estimate of drug-likeness (QED) is 0.620. The molecule has 0 aromatic carbocycles. The first-order valence-corrected chi connectivity index (χ1v) is 3.44. The van der Waals surface area contributed by atoms with Crippen LogP contribution in [0.5, 0.6) is 0 Å². The summed E-state index contributed by atoms with van der Waals surface area (Å²) in [6.07, 6.45) is 1.60. The van der Waals surface area contributed by atoms with Gasteiger partial charge in [-0.1, -0.05) is 0 Å². The van der Waals surface area contributed by atoms with Crippen molar-refractivity contribution in [3.8, 4) is 0 Å². The summed E-state index contributed by atoms with van der Waals surface area (Å²) in [6, 6.07) is 3.52. The summed E-state index contributed by atoms with van der Waals surface area (Å²) in [6.45, 7) is 0.604. The van der Waals surface area contributed by atoms with Crippen LogP contribution >= 0.6 is 0 Å². The minimum Gasteiger partial charge on any atom is -0.467 e. The van der Waals surface area contributed by atoms with Gasteiger partial charge in [-0.3, -0.25) is 0 Å². The number of nitrogens with one attached hydrogen (secondary N) is 2. The predicted octanol–water partition coefficient (Wildman–Crippen LogP) is 0.634. The highest BCUT2D eigenvalue weighted by atomic mass is 16.3. The van der Waals surface area contributed by atoms with E-state index in [1.807, 2.05) is 6.07 Å². The van der Waals surface area contributed by atoms with Crippen LogP contribution in [0.4, 0.5) is 4.79 Å². The topological polar surface area (TPSA) is 54.3 Å². The van der Waals surface area contributed by atoms with Crippen LogP contribution < -0.4 is 10.6 Å². The van der Waals surface area contributed by atoms with Gasteiger partial charge in [0, 0.05) is 6.54 Å². The molecule has 58 valence electrons. The van der Waals surface area contributed by atoms with E-state index in [1.165, 1.54) is 0 Å². The van der Waals surface area contributed by atoms with Crippen molar-refractivity contribution < 1.29 is 9.21 Å². The number of rotatable bonds is 1. The third-order valence-electron chi connectivity index (χ3n) is 1.66. The van der Waals surface area contributed by atoms with E-state index < -0.39 is 0 Å². The summed E-state index contributed by atoms with van der Waals surface area (Å²) < 4.78 is 5.11. The van der Waals surface area contributed by atoms with Crippen LogP contribution in [0.1, 0.15) is 11.8 Å². The highest BCUT2D eigenvalue weighted by Crippen LogP contribution is 2.14. The first-order chi connectivity index (χ1) is 5.36. The van der Waals surface area contributed by atoms with Gasteiger partial charge in [0.15, 0.2) is 0 Å². The van der Waals surface area contributed by atoms with E-state index in [2.05, 4.69) is 10.6 Å². The van der Waals surface area contributed by atoms with Crippen molar-refractivity contribution in [2.45, 2.75) is 6.04 Å². The molecule has 1 atom stereocenters. The minimum atomic E-state index is -0.133. The molecule has 1 aliphatic heterocycles. The maximum Gasteiger partial charge on any atom is 0.315 e. The Bertz CT molecular complexity index is 255. The van der Waals surface area contributed by atoms with Crippen molar-refractivity contribution >= 4 is 6.03 Å². The molecule has 0 bridgehead atoms. The molecule has 2 amide bonds. The van der Waals surface area contributed by atoms with Crippen molar-refractivity contribution in [3.05, 3.63) is 24.2 Å². The van der Waals surface area contributed by atoms with Gasteiger partial charge >= 0.3 is 6.03 Å². The van der Waals surface area contributed by atoms with Gasteiger partial charge in [-0.15, -0.1) is 0 Å². The third-order valence-corrected chi connectivity index (χ3v) is 1.66. The average molecular weight is 152 g/mol. The largest absolute Gasteiger partial charge is 0.467 e. The third kappa shape index (κ3) is 1.07. The van der Waals surface area contributed by atoms with E-state index in [-0.39, 0.29) is 12.1 Å². The average Bonchev–Trinajstić information content (AvgIpc) is 2.55. The fourth-order valence-electron chi connectivity index (χ4n) is 1.12. The van der Waals surface area contributed by atoms with Gasteiger partial charge in [0.05, 0.1) is 6.26 Å². The molecule has 1 fully saturated rings. The van der Waals surface area contributed by atoms with Crippen LogP contribution in [-0.4, -0.2) is 12.6 Å². The molecular formula is C7H8N2O2. The van der Waals surface area contributed by atoms with Gasteiger partial charge in [0.2, 0.25) is 0 Å². The van der Waals surface area contributed by atoms with Gasteiger partial charge < -0.3 is 15.1 Å². The Morgan fingerprint density at radius 1 is 1.64 bits per heavy atom. The summed E-state index contributed by atoms with van der Waals surface area (Å²) in [5.74, 6) is 0.795. The second-order valence-electron chi connectivity index (χ2n) is 2.42. The molecule has 1 aromatic rings. The van der Waals surface area contributed by atoms with Crippen LogP contribution in [0.2, 0.25) is 0 Å². The Balaban J connectivity index is 2.13. The molecule has 4 heteroatoms. The molecule has 1 aromatic heterocycles. The Morgan fingerprint density at radius 3 is 3.09 bits per heavy atom. The van der Waals surface area contributed by atoms with E-state index in [4.69, 9.17) is 4.42 Å². The molecule has 1 saturated heterocycles. The summed E-state index contributed by atoms with van der Waals surface area (Å²) in [7, 11) is 0. The van der Waals surface area contributed by atoms with Crippen LogP contribution in [0.3, 0.4) is 0 Å². The van der Waals surface area contributed by atoms with Crippen molar-refractivity contribution in [3.63, 3.8) is 0 Å². The van der Waals surface area contributed by atoms with Crippen LogP contribution in [0.25, 0.3) is 0 Å². The summed E-state index contributed by atoms with van der Waals surface area (Å²) in [4.78, 5) is 10.7. The van der Waals surface area contributed by atoms with E-state index in [0.29, 0.717) is 6.54 Å². The molecule has 2 heterocycles. The number of carbonyl (C=O) groups excluding carboxylic acids is 1. The second kappa shape index (κ2) is 2.30. The number of carbonyl (C=O) groups is 1. The summed E-state index contributed by atoms with van der Waals surface area (Å²) >= 11 is 0. The lowest BCUT2D eigenvalue weighted by atomic mass is 10.2. The van der Waals surface area contributed by atoms with E-state index in [0.717, 1.165) is 5.76 Å². The van der Waals surface area contributed by atoms with Crippen molar-refractivity contribution in [2.75, 3.05) is 6.54 Å². The van der Waals surface area contributed by atoms with Gasteiger partial charge in [-0.05, 0) is 12.1 Å². The van der Waals surface area contributed by atoms with Crippen LogP contribution in [0, 0.1) is 0 Å². The number of hydrogen-bond donors (Lipinski definition) is 2. The lowest BCUT2D eigenvalue weighted by Crippen LogP contribution is -2.21. The molecule has 0 saturated carbocycles. The first-order valence-electron chi connectivity index (χ1n) is 3.44. The molecule has 11 heavy (non-hydrogen) atoms. The zero-order chi connectivity index (χ0) is 7.68. The highest BCUT2D eigenvalue weighted by molar-refractivity contribution is 5.76. The second-order valence-corrected chi connectivity index (χ2v) is 2.42. The molecule has 1 aliphatic rings. The number of urea groups is 1. The normalized spacial score (nSPS) is 22.9. The molecule has 4 nitrogen and oxygen atoms in total. The molecule has 2 rings (SSSR count). The van der Waals surface area contributed by atoms with Gasteiger partial charge in [-0.25, -0.2) is 4.79 Å². The van der Waals surface area contributed by atoms with Crippen molar-refractivity contribution in [1.29, 1.82) is 0 Å². The van der Waals surface area contributed by atoms with Crippen molar-refractivity contribution in [1.82, 2.24) is 10.6 Å². The van der Waals surface area contributed by atoms with E-state index >= 15 is 0 Å².